The smallest absolute Gasteiger partial charge is 0.245 e. The second-order valence-corrected chi connectivity index (χ2v) is 6.13. The highest BCUT2D eigenvalue weighted by molar-refractivity contribution is 6.30. The monoisotopic (exact) mass is 330 g/mol. The largest absolute Gasteiger partial charge is 0.352 e. The Morgan fingerprint density at radius 3 is 2.70 bits per heavy atom. The number of ketones is 1. The number of amides is 1. The third kappa shape index (κ3) is 5.22. The van der Waals surface area contributed by atoms with Crippen molar-refractivity contribution in [3.8, 4) is 6.07 Å². The van der Waals surface area contributed by atoms with Crippen molar-refractivity contribution in [1.82, 2.24) is 5.32 Å². The van der Waals surface area contributed by atoms with Gasteiger partial charge in [-0.15, -0.1) is 0 Å². The SMILES string of the molecule is N#C[C@H](C(=O)/C=C\c1cccc(Cl)c1)C(=O)NC1CCCCC1. The Labute approximate surface area is 141 Å². The van der Waals surface area contributed by atoms with Crippen LogP contribution in [0.4, 0.5) is 0 Å². The van der Waals surface area contributed by atoms with E-state index in [1.165, 1.54) is 12.5 Å². The zero-order chi connectivity index (χ0) is 16.7. The summed E-state index contributed by atoms with van der Waals surface area (Å²) in [7, 11) is 0. The van der Waals surface area contributed by atoms with Crippen LogP contribution in [0.2, 0.25) is 5.02 Å². The molecule has 0 aliphatic heterocycles. The fourth-order valence-electron chi connectivity index (χ4n) is 2.67. The van der Waals surface area contributed by atoms with E-state index in [0.29, 0.717) is 5.02 Å². The number of nitriles is 1. The summed E-state index contributed by atoms with van der Waals surface area (Å²) in [6.45, 7) is 0. The number of hydrogen-bond acceptors (Lipinski definition) is 3. The van der Waals surface area contributed by atoms with Crippen molar-refractivity contribution in [2.45, 2.75) is 38.1 Å². The molecule has 0 heterocycles. The molecule has 1 aliphatic rings. The topological polar surface area (TPSA) is 70.0 Å². The van der Waals surface area contributed by atoms with Gasteiger partial charge in [0.1, 0.15) is 0 Å². The van der Waals surface area contributed by atoms with Crippen molar-refractivity contribution in [2.24, 2.45) is 5.92 Å². The number of carbonyl (C=O) groups is 2. The number of rotatable bonds is 5. The number of halogens is 1. The van der Waals surface area contributed by atoms with E-state index < -0.39 is 17.6 Å². The molecule has 0 radical (unpaired) electrons. The number of benzene rings is 1. The summed E-state index contributed by atoms with van der Waals surface area (Å²) >= 11 is 5.87. The highest BCUT2D eigenvalue weighted by atomic mass is 35.5. The van der Waals surface area contributed by atoms with Crippen LogP contribution in [0.5, 0.6) is 0 Å². The number of nitrogens with one attached hydrogen (secondary N) is 1. The van der Waals surface area contributed by atoms with E-state index in [1.807, 2.05) is 0 Å². The Bertz CT molecular complexity index is 643. The Balaban J connectivity index is 1.97. The number of nitrogens with zero attached hydrogens (tertiary/aromatic N) is 1. The van der Waals surface area contributed by atoms with Crippen molar-refractivity contribution in [3.05, 3.63) is 40.9 Å². The molecule has 0 bridgehead atoms. The summed E-state index contributed by atoms with van der Waals surface area (Å²) in [5.41, 5.74) is 0.746. The minimum atomic E-state index is -1.30. The first-order chi connectivity index (χ1) is 11.1. The van der Waals surface area contributed by atoms with Crippen LogP contribution >= 0.6 is 11.6 Å². The molecule has 0 spiro atoms. The summed E-state index contributed by atoms with van der Waals surface area (Å²) in [6, 6.07) is 8.87. The van der Waals surface area contributed by atoms with E-state index in [4.69, 9.17) is 16.9 Å². The van der Waals surface area contributed by atoms with Gasteiger partial charge in [-0.2, -0.15) is 5.26 Å². The average molecular weight is 331 g/mol. The molecule has 2 rings (SSSR count). The molecule has 1 aliphatic carbocycles. The van der Waals surface area contributed by atoms with Crippen LogP contribution in [0.15, 0.2) is 30.3 Å². The Morgan fingerprint density at radius 1 is 1.30 bits per heavy atom. The molecule has 1 aromatic carbocycles. The van der Waals surface area contributed by atoms with Crippen LogP contribution in [-0.2, 0) is 9.59 Å². The van der Waals surface area contributed by atoms with Gasteiger partial charge in [0.05, 0.1) is 6.07 Å². The molecule has 1 fully saturated rings. The Kier molecular flexibility index (Phi) is 6.37. The molecule has 0 aromatic heterocycles. The minimum Gasteiger partial charge on any atom is -0.352 e. The standard InChI is InChI=1S/C18H19ClN2O2/c19-14-6-4-5-13(11-14)9-10-17(22)16(12-20)18(23)21-15-7-2-1-3-8-15/h4-6,9-11,15-16H,1-3,7-8H2,(H,21,23)/b10-9-/t16-/m1/s1. The van der Waals surface area contributed by atoms with Crippen LogP contribution in [0.1, 0.15) is 37.7 Å². The number of allylic oxidation sites excluding steroid dienone is 1. The maximum Gasteiger partial charge on any atom is 0.245 e. The second kappa shape index (κ2) is 8.50. The minimum absolute atomic E-state index is 0.0804. The lowest BCUT2D eigenvalue weighted by atomic mass is 9.94. The van der Waals surface area contributed by atoms with Gasteiger partial charge in [-0.05, 0) is 36.6 Å². The van der Waals surface area contributed by atoms with Crippen LogP contribution in [0, 0.1) is 17.2 Å². The summed E-state index contributed by atoms with van der Waals surface area (Å²) in [5, 5.41) is 12.5. The van der Waals surface area contributed by atoms with E-state index in [1.54, 1.807) is 36.4 Å². The summed E-state index contributed by atoms with van der Waals surface area (Å²) in [6.07, 6.45) is 7.98. The fourth-order valence-corrected chi connectivity index (χ4v) is 2.87. The van der Waals surface area contributed by atoms with Gasteiger partial charge >= 0.3 is 0 Å². The van der Waals surface area contributed by atoms with E-state index in [9.17, 15) is 9.59 Å². The lowest BCUT2D eigenvalue weighted by molar-refractivity contribution is -0.130. The zero-order valence-corrected chi connectivity index (χ0v) is 13.6. The number of hydrogen-bond donors (Lipinski definition) is 1. The molecule has 1 N–H and O–H groups in total. The van der Waals surface area contributed by atoms with Crippen molar-refractivity contribution in [1.29, 1.82) is 5.26 Å². The molecule has 1 atom stereocenters. The van der Waals surface area contributed by atoms with Gasteiger partial charge in [0, 0.05) is 11.1 Å². The highest BCUT2D eigenvalue weighted by Gasteiger charge is 2.27. The maximum absolute atomic E-state index is 12.1. The van der Waals surface area contributed by atoms with Gasteiger partial charge < -0.3 is 5.32 Å². The molecule has 4 nitrogen and oxygen atoms in total. The second-order valence-electron chi connectivity index (χ2n) is 5.70. The van der Waals surface area contributed by atoms with Gasteiger partial charge in [-0.1, -0.05) is 49.1 Å². The third-order valence-electron chi connectivity index (χ3n) is 3.92. The fraction of sp³-hybridized carbons (Fsp3) is 0.389. The first-order valence-corrected chi connectivity index (χ1v) is 8.15. The first-order valence-electron chi connectivity index (χ1n) is 7.77. The molecule has 5 heteroatoms. The molecular weight excluding hydrogens is 312 g/mol. The predicted octanol–water partition coefficient (Wildman–Crippen LogP) is 3.51. The quantitative estimate of drug-likeness (QED) is 0.663. The van der Waals surface area contributed by atoms with E-state index in [-0.39, 0.29) is 6.04 Å². The van der Waals surface area contributed by atoms with Crippen molar-refractivity contribution < 1.29 is 9.59 Å². The normalized spacial score (nSPS) is 16.7. The third-order valence-corrected chi connectivity index (χ3v) is 4.15. The number of carbonyl (C=O) groups excluding carboxylic acids is 2. The molecule has 120 valence electrons. The molecular formula is C18H19ClN2O2. The summed E-state index contributed by atoms with van der Waals surface area (Å²) < 4.78 is 0. The van der Waals surface area contributed by atoms with Gasteiger partial charge in [0.25, 0.3) is 0 Å². The highest BCUT2D eigenvalue weighted by Crippen LogP contribution is 2.18. The Morgan fingerprint density at radius 2 is 2.04 bits per heavy atom. The van der Waals surface area contributed by atoms with E-state index in [2.05, 4.69) is 5.32 Å². The van der Waals surface area contributed by atoms with Crippen LogP contribution in [0.3, 0.4) is 0 Å². The molecule has 1 aromatic rings. The average Bonchev–Trinajstić information content (AvgIpc) is 2.54. The lowest BCUT2D eigenvalue weighted by Gasteiger charge is -2.23. The molecule has 23 heavy (non-hydrogen) atoms. The van der Waals surface area contributed by atoms with Crippen LogP contribution in [-0.4, -0.2) is 17.7 Å². The maximum atomic E-state index is 12.1. The lowest BCUT2D eigenvalue weighted by Crippen LogP contribution is -2.41. The zero-order valence-electron chi connectivity index (χ0n) is 12.8. The molecule has 0 unspecified atom stereocenters. The van der Waals surface area contributed by atoms with Crippen LogP contribution < -0.4 is 5.32 Å². The summed E-state index contributed by atoms with van der Waals surface area (Å²) in [5.74, 6) is -2.31. The van der Waals surface area contributed by atoms with Crippen molar-refractivity contribution >= 4 is 29.4 Å². The molecule has 1 amide bonds. The van der Waals surface area contributed by atoms with E-state index >= 15 is 0 Å². The van der Waals surface area contributed by atoms with Gasteiger partial charge in [-0.25, -0.2) is 0 Å². The van der Waals surface area contributed by atoms with E-state index in [0.717, 1.165) is 31.2 Å². The van der Waals surface area contributed by atoms with Gasteiger partial charge in [-0.3, -0.25) is 9.59 Å². The predicted molar refractivity (Wildman–Crippen MR) is 89.6 cm³/mol. The molecule has 0 saturated heterocycles. The summed E-state index contributed by atoms with van der Waals surface area (Å²) in [4.78, 5) is 24.3. The first kappa shape index (κ1) is 17.2. The Hall–Kier alpha value is -2.12. The van der Waals surface area contributed by atoms with Crippen molar-refractivity contribution in [3.63, 3.8) is 0 Å². The van der Waals surface area contributed by atoms with Crippen molar-refractivity contribution in [2.75, 3.05) is 0 Å². The van der Waals surface area contributed by atoms with Gasteiger partial charge in [0.15, 0.2) is 11.7 Å². The molecule has 1 saturated carbocycles. The van der Waals surface area contributed by atoms with Gasteiger partial charge in [0.2, 0.25) is 5.91 Å². The van der Waals surface area contributed by atoms with Crippen LogP contribution in [0.25, 0.3) is 6.08 Å².